The molecule has 1 aromatic carbocycles. The van der Waals surface area contributed by atoms with Gasteiger partial charge in [0.05, 0.1) is 7.11 Å². The third-order valence-electron chi connectivity index (χ3n) is 3.64. The fourth-order valence-corrected chi connectivity index (χ4v) is 2.47. The second-order valence-electron chi connectivity index (χ2n) is 7.63. The summed E-state index contributed by atoms with van der Waals surface area (Å²) in [5.41, 5.74) is 0.871. The monoisotopic (exact) mass is 390 g/mol. The molecule has 7 heteroatoms. The van der Waals surface area contributed by atoms with E-state index in [0.29, 0.717) is 0 Å². The summed E-state index contributed by atoms with van der Waals surface area (Å²) in [6.07, 6.45) is -0.228. The molecule has 0 saturated heterocycles. The van der Waals surface area contributed by atoms with Gasteiger partial charge < -0.3 is 20.1 Å². The molecule has 0 unspecified atom stereocenters. The molecule has 0 spiro atoms. The Hall–Kier alpha value is -2.83. The number of rotatable bonds is 8. The van der Waals surface area contributed by atoms with E-state index >= 15 is 0 Å². The van der Waals surface area contributed by atoms with E-state index in [1.807, 2.05) is 30.3 Å². The minimum atomic E-state index is -0.922. The number of methoxy groups -OCH3 is 1. The molecule has 0 aliphatic rings. The maximum absolute atomic E-state index is 12.8. The number of ether oxygens (including phenoxy) is 2. The van der Waals surface area contributed by atoms with Crippen LogP contribution in [0.2, 0.25) is 0 Å². The zero-order valence-corrected chi connectivity index (χ0v) is 17.2. The van der Waals surface area contributed by atoms with Crippen molar-refractivity contribution in [2.75, 3.05) is 7.11 Å². The molecule has 1 aromatic rings. The van der Waals surface area contributed by atoms with E-state index < -0.39 is 35.7 Å². The summed E-state index contributed by atoms with van der Waals surface area (Å²) in [6.45, 7) is 10.7. The van der Waals surface area contributed by atoms with Crippen molar-refractivity contribution in [1.29, 1.82) is 0 Å². The normalized spacial score (nSPS) is 13.0. The predicted molar refractivity (Wildman–Crippen MR) is 107 cm³/mol. The molecule has 2 N–H and O–H groups in total. The average Bonchev–Trinajstić information content (AvgIpc) is 2.58. The highest BCUT2D eigenvalue weighted by Crippen LogP contribution is 2.10. The molecule has 0 bridgehead atoms. The van der Waals surface area contributed by atoms with Crippen LogP contribution >= 0.6 is 0 Å². The zero-order valence-electron chi connectivity index (χ0n) is 17.2. The minimum Gasteiger partial charge on any atom is -0.467 e. The first-order valence-electron chi connectivity index (χ1n) is 9.08. The fourth-order valence-electron chi connectivity index (χ4n) is 2.47. The summed E-state index contributed by atoms with van der Waals surface area (Å²) in [5, 5.41) is 5.23. The van der Waals surface area contributed by atoms with Gasteiger partial charge in [0.1, 0.15) is 17.7 Å². The summed E-state index contributed by atoms with van der Waals surface area (Å²) in [7, 11) is 1.25. The Morgan fingerprint density at radius 1 is 1.07 bits per heavy atom. The van der Waals surface area contributed by atoms with Gasteiger partial charge in [0.2, 0.25) is 5.91 Å². The molecule has 0 saturated carbocycles. The summed E-state index contributed by atoms with van der Waals surface area (Å²) in [4.78, 5) is 37.0. The van der Waals surface area contributed by atoms with Crippen LogP contribution in [-0.4, -0.2) is 42.8 Å². The highest BCUT2D eigenvalue weighted by molar-refractivity contribution is 5.90. The van der Waals surface area contributed by atoms with Crippen LogP contribution in [0, 0.1) is 0 Å². The standard InChI is InChI=1S/C21H30N2O5/c1-14(2)12-17(19(25)27-6)22-18(24)16(13-15-10-8-7-9-11-15)23-20(26)28-21(3,4)5/h7-11,16-17H,1,12-13H2,2-6H3,(H,22,24)(H,23,26)/t16-,17+/m0/s1. The predicted octanol–water partition coefficient (Wildman–Crippen LogP) is 2.75. The number of hydrogen-bond acceptors (Lipinski definition) is 5. The van der Waals surface area contributed by atoms with E-state index in [2.05, 4.69) is 17.2 Å². The first-order valence-corrected chi connectivity index (χ1v) is 9.08. The SMILES string of the molecule is C=C(C)C[C@@H](NC(=O)[C@H](Cc1ccccc1)NC(=O)OC(C)(C)C)C(=O)OC. The molecular formula is C21H30N2O5. The molecule has 0 radical (unpaired) electrons. The number of nitrogens with one attached hydrogen (secondary N) is 2. The van der Waals surface area contributed by atoms with Crippen molar-refractivity contribution < 1.29 is 23.9 Å². The van der Waals surface area contributed by atoms with E-state index in [0.717, 1.165) is 11.1 Å². The number of amides is 2. The second kappa shape index (κ2) is 10.5. The fraction of sp³-hybridized carbons (Fsp3) is 0.476. The Kier molecular flexibility index (Phi) is 8.70. The highest BCUT2D eigenvalue weighted by atomic mass is 16.6. The molecule has 0 aliphatic heterocycles. The van der Waals surface area contributed by atoms with Crippen LogP contribution in [-0.2, 0) is 25.5 Å². The van der Waals surface area contributed by atoms with Crippen LogP contribution in [0.4, 0.5) is 4.79 Å². The molecule has 0 aromatic heterocycles. The van der Waals surface area contributed by atoms with Crippen molar-refractivity contribution in [3.63, 3.8) is 0 Å². The lowest BCUT2D eigenvalue weighted by Crippen LogP contribution is -2.53. The third kappa shape index (κ3) is 8.70. The number of benzene rings is 1. The van der Waals surface area contributed by atoms with Crippen LogP contribution < -0.4 is 10.6 Å². The number of carbonyl (C=O) groups excluding carboxylic acids is 3. The Morgan fingerprint density at radius 2 is 1.68 bits per heavy atom. The second-order valence-corrected chi connectivity index (χ2v) is 7.63. The van der Waals surface area contributed by atoms with Crippen LogP contribution in [0.5, 0.6) is 0 Å². The molecule has 28 heavy (non-hydrogen) atoms. The van der Waals surface area contributed by atoms with Crippen molar-refractivity contribution >= 4 is 18.0 Å². The lowest BCUT2D eigenvalue weighted by molar-refractivity contribution is -0.145. The van der Waals surface area contributed by atoms with Crippen molar-refractivity contribution in [2.45, 2.75) is 58.2 Å². The maximum Gasteiger partial charge on any atom is 0.408 e. The Balaban J connectivity index is 2.97. The average molecular weight is 390 g/mol. The van der Waals surface area contributed by atoms with Gasteiger partial charge in [-0.1, -0.05) is 35.9 Å². The maximum atomic E-state index is 12.8. The van der Waals surface area contributed by atoms with Crippen molar-refractivity contribution in [2.24, 2.45) is 0 Å². The summed E-state index contributed by atoms with van der Waals surface area (Å²) < 4.78 is 10.0. The Morgan fingerprint density at radius 3 is 2.18 bits per heavy atom. The molecule has 154 valence electrons. The molecule has 1 rings (SSSR count). The molecular weight excluding hydrogens is 360 g/mol. The largest absolute Gasteiger partial charge is 0.467 e. The molecule has 0 fully saturated rings. The van der Waals surface area contributed by atoms with Gasteiger partial charge in [-0.2, -0.15) is 0 Å². The first kappa shape index (κ1) is 23.2. The number of hydrogen-bond donors (Lipinski definition) is 2. The van der Waals surface area contributed by atoms with Crippen LogP contribution in [0.25, 0.3) is 0 Å². The van der Waals surface area contributed by atoms with Crippen molar-refractivity contribution in [3.8, 4) is 0 Å². The quantitative estimate of drug-likeness (QED) is 0.526. The van der Waals surface area contributed by atoms with Gasteiger partial charge in [0.25, 0.3) is 0 Å². The number of esters is 1. The topological polar surface area (TPSA) is 93.7 Å². The van der Waals surface area contributed by atoms with E-state index in [1.54, 1.807) is 27.7 Å². The van der Waals surface area contributed by atoms with Crippen molar-refractivity contribution in [1.82, 2.24) is 10.6 Å². The third-order valence-corrected chi connectivity index (χ3v) is 3.64. The van der Waals surface area contributed by atoms with Gasteiger partial charge in [-0.05, 0) is 39.7 Å². The van der Waals surface area contributed by atoms with Crippen molar-refractivity contribution in [3.05, 3.63) is 48.0 Å². The number of alkyl carbamates (subject to hydrolysis) is 1. The summed E-state index contributed by atoms with van der Waals surface area (Å²) in [5.74, 6) is -1.08. The molecule has 2 atom stereocenters. The van der Waals surface area contributed by atoms with Gasteiger partial charge in [0, 0.05) is 6.42 Å². The van der Waals surface area contributed by atoms with Gasteiger partial charge in [-0.25, -0.2) is 9.59 Å². The Bertz CT molecular complexity index is 694. The van der Waals surface area contributed by atoms with Gasteiger partial charge in [-0.15, -0.1) is 6.58 Å². The highest BCUT2D eigenvalue weighted by Gasteiger charge is 2.29. The van der Waals surface area contributed by atoms with Crippen LogP contribution in [0.15, 0.2) is 42.5 Å². The van der Waals surface area contributed by atoms with Gasteiger partial charge >= 0.3 is 12.1 Å². The summed E-state index contributed by atoms with van der Waals surface area (Å²) in [6, 6.07) is 7.45. The lowest BCUT2D eigenvalue weighted by Gasteiger charge is -2.25. The van der Waals surface area contributed by atoms with Gasteiger partial charge in [0.15, 0.2) is 0 Å². The van der Waals surface area contributed by atoms with E-state index in [1.165, 1.54) is 7.11 Å². The smallest absolute Gasteiger partial charge is 0.408 e. The molecule has 2 amide bonds. The van der Waals surface area contributed by atoms with E-state index in [9.17, 15) is 14.4 Å². The molecule has 0 heterocycles. The molecule has 0 aliphatic carbocycles. The first-order chi connectivity index (χ1) is 13.0. The van der Waals surface area contributed by atoms with E-state index in [4.69, 9.17) is 9.47 Å². The van der Waals surface area contributed by atoms with Crippen LogP contribution in [0.3, 0.4) is 0 Å². The minimum absolute atomic E-state index is 0.239. The molecule has 7 nitrogen and oxygen atoms in total. The number of carbonyl (C=O) groups is 3. The Labute approximate surface area is 166 Å². The van der Waals surface area contributed by atoms with E-state index in [-0.39, 0.29) is 12.8 Å². The summed E-state index contributed by atoms with van der Waals surface area (Å²) >= 11 is 0. The lowest BCUT2D eigenvalue weighted by atomic mass is 10.0. The van der Waals surface area contributed by atoms with Gasteiger partial charge in [-0.3, -0.25) is 4.79 Å². The van der Waals surface area contributed by atoms with Crippen LogP contribution in [0.1, 0.15) is 39.7 Å². The zero-order chi connectivity index (χ0) is 21.3.